The molecule has 1 aromatic rings. The Morgan fingerprint density at radius 3 is 2.29 bits per heavy atom. The molecule has 0 spiro atoms. The molecule has 24 heavy (non-hydrogen) atoms. The number of nitro benzene ring substituents is 1. The van der Waals surface area contributed by atoms with Crippen molar-refractivity contribution in [3.05, 3.63) is 39.9 Å². The van der Waals surface area contributed by atoms with E-state index in [2.05, 4.69) is 5.43 Å². The third-order valence-corrected chi connectivity index (χ3v) is 2.88. The maximum atomic E-state index is 12.6. The molecule has 8 heteroatoms. The maximum Gasteiger partial charge on any atom is 0.431 e. The molecule has 0 atom stereocenters. The van der Waals surface area contributed by atoms with Crippen molar-refractivity contribution < 1.29 is 19.2 Å². The molecule has 0 aliphatic carbocycles. The highest BCUT2D eigenvalue weighted by Gasteiger charge is 2.28. The van der Waals surface area contributed by atoms with Crippen LogP contribution in [-0.2, 0) is 4.74 Å². The van der Waals surface area contributed by atoms with E-state index in [9.17, 15) is 19.7 Å². The summed E-state index contributed by atoms with van der Waals surface area (Å²) in [5.41, 5.74) is 2.25. The molecule has 0 aliphatic heterocycles. The number of nitro groups is 1. The zero-order valence-corrected chi connectivity index (χ0v) is 14.4. The van der Waals surface area contributed by atoms with Gasteiger partial charge < -0.3 is 4.74 Å². The van der Waals surface area contributed by atoms with Crippen LogP contribution in [0.25, 0.3) is 0 Å². The summed E-state index contributed by atoms with van der Waals surface area (Å²) in [5.74, 6) is -0.638. The second-order valence-electron chi connectivity index (χ2n) is 6.27. The van der Waals surface area contributed by atoms with Gasteiger partial charge in [0.2, 0.25) is 0 Å². The van der Waals surface area contributed by atoms with Crippen molar-refractivity contribution in [2.24, 2.45) is 0 Å². The van der Waals surface area contributed by atoms with E-state index in [1.165, 1.54) is 24.3 Å². The Bertz CT molecular complexity index is 593. The van der Waals surface area contributed by atoms with Crippen LogP contribution in [0.15, 0.2) is 24.3 Å². The van der Waals surface area contributed by atoms with Crippen molar-refractivity contribution in [2.75, 3.05) is 6.61 Å². The molecule has 0 unspecified atom stereocenters. The number of hydrogen-bond donors (Lipinski definition) is 1. The van der Waals surface area contributed by atoms with Crippen LogP contribution in [0.5, 0.6) is 0 Å². The first kappa shape index (κ1) is 19.6. The predicted octanol–water partition coefficient (Wildman–Crippen LogP) is 3.28. The number of ether oxygens (including phenoxy) is 1. The summed E-state index contributed by atoms with van der Waals surface area (Å²) in [4.78, 5) is 34.9. The quantitative estimate of drug-likeness (QED) is 0.485. The lowest BCUT2D eigenvalue weighted by Gasteiger charge is -2.29. The predicted molar refractivity (Wildman–Crippen MR) is 88.4 cm³/mol. The van der Waals surface area contributed by atoms with Gasteiger partial charge in [-0.05, 0) is 39.3 Å². The average molecular weight is 337 g/mol. The van der Waals surface area contributed by atoms with Crippen molar-refractivity contribution in [1.29, 1.82) is 0 Å². The SMILES string of the molecule is CCCCOC(=O)N(NC(C)(C)C)C(=O)c1ccc([N+](=O)[O-])cc1. The normalized spacial score (nSPS) is 11.0. The van der Waals surface area contributed by atoms with Crippen LogP contribution >= 0.6 is 0 Å². The first-order valence-electron chi connectivity index (χ1n) is 7.69. The third-order valence-electron chi connectivity index (χ3n) is 2.88. The molecule has 0 heterocycles. The lowest BCUT2D eigenvalue weighted by molar-refractivity contribution is -0.384. The maximum absolute atomic E-state index is 12.6. The van der Waals surface area contributed by atoms with Crippen molar-refractivity contribution in [1.82, 2.24) is 10.4 Å². The number of carbonyl (C=O) groups is 2. The average Bonchev–Trinajstić information content (AvgIpc) is 2.51. The molecule has 0 aromatic heterocycles. The Morgan fingerprint density at radius 1 is 1.25 bits per heavy atom. The molecule has 0 saturated heterocycles. The Morgan fingerprint density at radius 2 is 1.83 bits per heavy atom. The lowest BCUT2D eigenvalue weighted by atomic mass is 10.1. The number of carbonyl (C=O) groups excluding carboxylic acids is 2. The monoisotopic (exact) mass is 337 g/mol. The Hall–Kier alpha value is -2.48. The first-order valence-corrected chi connectivity index (χ1v) is 7.69. The molecule has 0 fully saturated rings. The summed E-state index contributed by atoms with van der Waals surface area (Å²) < 4.78 is 5.09. The van der Waals surface area contributed by atoms with Crippen LogP contribution in [0.3, 0.4) is 0 Å². The van der Waals surface area contributed by atoms with Gasteiger partial charge in [0.25, 0.3) is 11.6 Å². The second kappa shape index (κ2) is 8.39. The number of hydrogen-bond acceptors (Lipinski definition) is 6. The number of benzene rings is 1. The number of nitrogens with zero attached hydrogens (tertiary/aromatic N) is 2. The third kappa shape index (κ3) is 5.96. The molecule has 1 aromatic carbocycles. The van der Waals surface area contributed by atoms with Crippen molar-refractivity contribution in [2.45, 2.75) is 46.1 Å². The van der Waals surface area contributed by atoms with Gasteiger partial charge in [0.1, 0.15) is 0 Å². The summed E-state index contributed by atoms with van der Waals surface area (Å²) in [6.07, 6.45) is 0.749. The van der Waals surface area contributed by atoms with Crippen LogP contribution in [0, 0.1) is 10.1 Å². The van der Waals surface area contributed by atoms with E-state index in [4.69, 9.17) is 4.74 Å². The second-order valence-corrected chi connectivity index (χ2v) is 6.27. The van der Waals surface area contributed by atoms with Gasteiger partial charge >= 0.3 is 6.09 Å². The van der Waals surface area contributed by atoms with E-state index in [0.717, 1.165) is 11.4 Å². The topological polar surface area (TPSA) is 102 Å². The molecule has 0 radical (unpaired) electrons. The molecule has 0 saturated carbocycles. The van der Waals surface area contributed by atoms with Crippen LogP contribution in [-0.4, -0.2) is 34.1 Å². The van der Waals surface area contributed by atoms with E-state index in [-0.39, 0.29) is 17.9 Å². The number of imide groups is 1. The highest BCUT2D eigenvalue weighted by molar-refractivity contribution is 6.02. The van der Waals surface area contributed by atoms with Gasteiger partial charge in [-0.3, -0.25) is 14.9 Å². The van der Waals surface area contributed by atoms with Gasteiger partial charge in [-0.25, -0.2) is 10.2 Å². The number of hydrazine groups is 1. The summed E-state index contributed by atoms with van der Waals surface area (Å²) >= 11 is 0. The van der Waals surface area contributed by atoms with Gasteiger partial charge in [-0.15, -0.1) is 0 Å². The molecule has 1 N–H and O–H groups in total. The molecule has 2 amide bonds. The minimum Gasteiger partial charge on any atom is -0.448 e. The number of non-ortho nitro benzene ring substituents is 1. The van der Waals surface area contributed by atoms with Crippen LogP contribution in [0.4, 0.5) is 10.5 Å². The largest absolute Gasteiger partial charge is 0.448 e. The molecule has 0 aliphatic rings. The van der Waals surface area contributed by atoms with Gasteiger partial charge in [-0.1, -0.05) is 13.3 Å². The molecular weight excluding hydrogens is 314 g/mol. The number of unbranched alkanes of at least 4 members (excludes halogenated alkanes) is 1. The summed E-state index contributed by atoms with van der Waals surface area (Å²) in [5, 5.41) is 11.5. The molecule has 132 valence electrons. The Labute approximate surface area is 140 Å². The minimum atomic E-state index is -0.804. The fraction of sp³-hybridized carbons (Fsp3) is 0.500. The lowest BCUT2D eigenvalue weighted by Crippen LogP contribution is -2.55. The smallest absolute Gasteiger partial charge is 0.431 e. The van der Waals surface area contributed by atoms with E-state index >= 15 is 0 Å². The number of rotatable bonds is 6. The fourth-order valence-corrected chi connectivity index (χ4v) is 1.74. The molecule has 1 rings (SSSR count). The van der Waals surface area contributed by atoms with E-state index in [0.29, 0.717) is 6.42 Å². The Balaban J connectivity index is 2.97. The highest BCUT2D eigenvalue weighted by atomic mass is 16.6. The van der Waals surface area contributed by atoms with Crippen molar-refractivity contribution >= 4 is 17.7 Å². The summed E-state index contributed by atoms with van der Waals surface area (Å²) in [7, 11) is 0. The zero-order chi connectivity index (χ0) is 18.3. The minimum absolute atomic E-state index is 0.132. The summed E-state index contributed by atoms with van der Waals surface area (Å²) in [6, 6.07) is 5.03. The van der Waals surface area contributed by atoms with Gasteiger partial charge in [0, 0.05) is 23.2 Å². The zero-order valence-electron chi connectivity index (χ0n) is 14.4. The van der Waals surface area contributed by atoms with Crippen molar-refractivity contribution in [3.8, 4) is 0 Å². The van der Waals surface area contributed by atoms with Gasteiger partial charge in [-0.2, -0.15) is 5.01 Å². The van der Waals surface area contributed by atoms with E-state index in [1.54, 1.807) is 20.8 Å². The highest BCUT2D eigenvalue weighted by Crippen LogP contribution is 2.14. The van der Waals surface area contributed by atoms with Crippen LogP contribution in [0.1, 0.15) is 50.9 Å². The Kier molecular flexibility index (Phi) is 6.84. The molecular formula is C16H23N3O5. The standard InChI is InChI=1S/C16H23N3O5/c1-5-6-11-24-15(21)18(17-16(2,3)4)14(20)12-7-9-13(10-8-12)19(22)23/h7-10,17H,5-6,11H2,1-4H3. The number of nitrogens with one attached hydrogen (secondary N) is 1. The van der Waals surface area contributed by atoms with Crippen LogP contribution in [0.2, 0.25) is 0 Å². The fourth-order valence-electron chi connectivity index (χ4n) is 1.74. The van der Waals surface area contributed by atoms with Gasteiger partial charge in [0.15, 0.2) is 0 Å². The molecule has 0 bridgehead atoms. The summed E-state index contributed by atoms with van der Waals surface area (Å²) in [6.45, 7) is 7.56. The number of amides is 2. The van der Waals surface area contributed by atoms with E-state index in [1.807, 2.05) is 6.92 Å². The van der Waals surface area contributed by atoms with Crippen molar-refractivity contribution in [3.63, 3.8) is 0 Å². The van der Waals surface area contributed by atoms with Crippen LogP contribution < -0.4 is 5.43 Å². The first-order chi connectivity index (χ1) is 11.2. The van der Waals surface area contributed by atoms with Gasteiger partial charge in [0.05, 0.1) is 11.5 Å². The molecule has 8 nitrogen and oxygen atoms in total. The van der Waals surface area contributed by atoms with E-state index < -0.39 is 22.5 Å².